The first-order valence-corrected chi connectivity index (χ1v) is 2.74. The lowest BCUT2D eigenvalue weighted by atomic mass is 10.2. The summed E-state index contributed by atoms with van der Waals surface area (Å²) in [6.45, 7) is 0. The molecule has 0 aromatic heterocycles. The van der Waals surface area contributed by atoms with Crippen LogP contribution in [0.3, 0.4) is 0 Å². The highest BCUT2D eigenvalue weighted by atomic mass is 16.4. The van der Waals surface area contributed by atoms with Crippen LogP contribution in [0.4, 0.5) is 0 Å². The zero-order valence-corrected chi connectivity index (χ0v) is 5.65. The van der Waals surface area contributed by atoms with Crippen LogP contribution < -0.4 is 17.0 Å². The first kappa shape index (κ1) is 9.60. The zero-order chi connectivity index (χ0) is 8.85. The molecule has 11 heavy (non-hydrogen) atoms. The van der Waals surface area contributed by atoms with Crippen LogP contribution in [-0.2, 0) is 9.59 Å². The second-order valence-electron chi connectivity index (χ2n) is 1.74. The van der Waals surface area contributed by atoms with Crippen LogP contribution in [-0.4, -0.2) is 23.0 Å². The van der Waals surface area contributed by atoms with E-state index in [-0.39, 0.29) is 0 Å². The fourth-order valence-electron chi connectivity index (χ4n) is 0.411. The first-order valence-electron chi connectivity index (χ1n) is 2.74. The summed E-state index contributed by atoms with van der Waals surface area (Å²) in [4.78, 5) is 20.3. The van der Waals surface area contributed by atoms with Gasteiger partial charge in [-0.2, -0.15) is 0 Å². The number of amides is 1. The normalized spacial score (nSPS) is 13.2. The van der Waals surface area contributed by atoms with E-state index in [9.17, 15) is 9.59 Å². The molecule has 6 N–H and O–H groups in total. The predicted molar refractivity (Wildman–Crippen MR) is 37.1 cm³/mol. The van der Waals surface area contributed by atoms with Gasteiger partial charge in [0.2, 0.25) is 5.91 Å². The fourth-order valence-corrected chi connectivity index (χ4v) is 0.411. The Morgan fingerprint density at radius 2 is 2.09 bits per heavy atom. The van der Waals surface area contributed by atoms with Gasteiger partial charge in [0.15, 0.2) is 0 Å². The average Bonchev–Trinajstić information content (AvgIpc) is 1.87. The van der Waals surface area contributed by atoms with Crippen LogP contribution >= 0.6 is 0 Å². The Balaban J connectivity index is 4.08. The van der Waals surface area contributed by atoms with E-state index in [0.29, 0.717) is 0 Å². The van der Waals surface area contributed by atoms with Gasteiger partial charge >= 0.3 is 5.97 Å². The minimum atomic E-state index is -1.16. The molecule has 1 amide bonds. The van der Waals surface area contributed by atoms with Gasteiger partial charge < -0.3 is 10.8 Å². The van der Waals surface area contributed by atoms with Gasteiger partial charge in [0.05, 0.1) is 0 Å². The van der Waals surface area contributed by atoms with Gasteiger partial charge in [-0.25, -0.2) is 10.2 Å². The van der Waals surface area contributed by atoms with Crippen molar-refractivity contribution in [3.05, 3.63) is 12.2 Å². The molecule has 0 radical (unpaired) electrons. The summed E-state index contributed by atoms with van der Waals surface area (Å²) >= 11 is 0. The van der Waals surface area contributed by atoms with Crippen molar-refractivity contribution in [2.24, 2.45) is 11.6 Å². The van der Waals surface area contributed by atoms with Crippen LogP contribution in [0, 0.1) is 0 Å². The Labute approximate surface area is 62.8 Å². The van der Waals surface area contributed by atoms with E-state index in [1.807, 2.05) is 5.43 Å². The number of hydrazine groups is 1. The van der Waals surface area contributed by atoms with E-state index in [0.717, 1.165) is 12.2 Å². The highest BCUT2D eigenvalue weighted by molar-refractivity contribution is 5.85. The van der Waals surface area contributed by atoms with Crippen LogP contribution in [0.25, 0.3) is 0 Å². The number of carboxylic acids is 1. The lowest BCUT2D eigenvalue weighted by Gasteiger charge is -2.03. The molecule has 0 aromatic rings. The monoisotopic (exact) mass is 159 g/mol. The molecule has 6 nitrogen and oxygen atoms in total. The fraction of sp³-hybridized carbons (Fsp3) is 0.200. The maximum atomic E-state index is 10.4. The number of carbonyl (C=O) groups is 2. The average molecular weight is 159 g/mol. The highest BCUT2D eigenvalue weighted by Gasteiger charge is 2.07. The van der Waals surface area contributed by atoms with Gasteiger partial charge in [0.1, 0.15) is 6.04 Å². The van der Waals surface area contributed by atoms with Gasteiger partial charge in [-0.3, -0.25) is 10.6 Å². The molecule has 6 heteroatoms. The number of primary amides is 1. The molecular weight excluding hydrogens is 150 g/mol. The Kier molecular flexibility index (Phi) is 3.86. The SMILES string of the molecule is NNC(/C=C/C(=O)O)C(N)=O. The molecule has 0 rings (SSSR count). The van der Waals surface area contributed by atoms with Gasteiger partial charge in [-0.1, -0.05) is 0 Å². The molecule has 0 saturated carbocycles. The largest absolute Gasteiger partial charge is 0.478 e. The molecule has 0 aromatic carbocycles. The minimum absolute atomic E-state index is 0.731. The third-order valence-electron chi connectivity index (χ3n) is 0.917. The van der Waals surface area contributed by atoms with E-state index in [2.05, 4.69) is 0 Å². The summed E-state index contributed by atoms with van der Waals surface area (Å²) < 4.78 is 0. The van der Waals surface area contributed by atoms with Crippen LogP contribution in [0.2, 0.25) is 0 Å². The smallest absolute Gasteiger partial charge is 0.328 e. The quantitative estimate of drug-likeness (QED) is 0.214. The van der Waals surface area contributed by atoms with Crippen LogP contribution in [0.5, 0.6) is 0 Å². The molecule has 0 heterocycles. The second kappa shape index (κ2) is 4.42. The summed E-state index contributed by atoms with van der Waals surface area (Å²) in [5, 5.41) is 8.13. The molecule has 0 aliphatic carbocycles. The van der Waals surface area contributed by atoms with Crippen molar-refractivity contribution in [2.45, 2.75) is 6.04 Å². The van der Waals surface area contributed by atoms with E-state index < -0.39 is 17.9 Å². The van der Waals surface area contributed by atoms with E-state index >= 15 is 0 Å². The maximum absolute atomic E-state index is 10.4. The molecule has 62 valence electrons. The molecule has 1 unspecified atom stereocenters. The maximum Gasteiger partial charge on any atom is 0.328 e. The third-order valence-corrected chi connectivity index (χ3v) is 0.917. The zero-order valence-electron chi connectivity index (χ0n) is 5.65. The summed E-state index contributed by atoms with van der Waals surface area (Å²) in [6.07, 6.45) is 1.85. The molecule has 0 aliphatic heterocycles. The van der Waals surface area contributed by atoms with Crippen LogP contribution in [0.1, 0.15) is 0 Å². The van der Waals surface area contributed by atoms with Crippen molar-refractivity contribution in [1.29, 1.82) is 0 Å². The number of nitrogens with one attached hydrogen (secondary N) is 1. The minimum Gasteiger partial charge on any atom is -0.478 e. The van der Waals surface area contributed by atoms with E-state index in [1.165, 1.54) is 0 Å². The van der Waals surface area contributed by atoms with E-state index in [1.54, 1.807) is 0 Å². The van der Waals surface area contributed by atoms with Gasteiger partial charge in [0, 0.05) is 6.08 Å². The number of hydrogen-bond donors (Lipinski definition) is 4. The number of aliphatic carboxylic acids is 1. The topological polar surface area (TPSA) is 118 Å². The Morgan fingerprint density at radius 3 is 2.36 bits per heavy atom. The van der Waals surface area contributed by atoms with Crippen molar-refractivity contribution in [1.82, 2.24) is 5.43 Å². The number of rotatable bonds is 4. The Bertz CT molecular complexity index is 189. The second-order valence-corrected chi connectivity index (χ2v) is 1.74. The summed E-state index contributed by atoms with van der Waals surface area (Å²) in [7, 11) is 0. The number of nitrogens with two attached hydrogens (primary N) is 2. The van der Waals surface area contributed by atoms with E-state index in [4.69, 9.17) is 16.7 Å². The number of carbonyl (C=O) groups excluding carboxylic acids is 1. The molecule has 0 aliphatic rings. The summed E-state index contributed by atoms with van der Waals surface area (Å²) in [5.74, 6) is 2.97. The Hall–Kier alpha value is -1.40. The molecule has 0 spiro atoms. The van der Waals surface area contributed by atoms with Gasteiger partial charge in [0.25, 0.3) is 0 Å². The van der Waals surface area contributed by atoms with Crippen molar-refractivity contribution in [3.8, 4) is 0 Å². The van der Waals surface area contributed by atoms with Crippen molar-refractivity contribution in [3.63, 3.8) is 0 Å². The van der Waals surface area contributed by atoms with Crippen molar-refractivity contribution < 1.29 is 14.7 Å². The molecule has 0 saturated heterocycles. The van der Waals surface area contributed by atoms with Crippen molar-refractivity contribution in [2.75, 3.05) is 0 Å². The lowest BCUT2D eigenvalue weighted by molar-refractivity contribution is -0.131. The lowest BCUT2D eigenvalue weighted by Crippen LogP contribution is -2.43. The van der Waals surface area contributed by atoms with Gasteiger partial charge in [-0.05, 0) is 6.08 Å². The van der Waals surface area contributed by atoms with Crippen molar-refractivity contribution >= 4 is 11.9 Å². The molecular formula is C5H9N3O3. The molecule has 0 fully saturated rings. The van der Waals surface area contributed by atoms with Gasteiger partial charge in [-0.15, -0.1) is 0 Å². The Morgan fingerprint density at radius 1 is 1.55 bits per heavy atom. The standard InChI is InChI=1S/C5H9N3O3/c6-5(11)3(8-7)1-2-4(9)10/h1-3,8H,7H2,(H2,6,11)(H,9,10)/b2-1+. The predicted octanol–water partition coefficient (Wildman–Crippen LogP) is -2.06. The first-order chi connectivity index (χ1) is 5.07. The van der Waals surface area contributed by atoms with Crippen LogP contribution in [0.15, 0.2) is 12.2 Å². The summed E-state index contributed by atoms with van der Waals surface area (Å²) in [5.41, 5.74) is 6.84. The summed E-state index contributed by atoms with van der Waals surface area (Å²) in [6, 6.07) is -0.939. The molecule has 1 atom stereocenters. The third kappa shape index (κ3) is 4.06. The molecule has 0 bridgehead atoms. The number of carboxylic acid groups (broad SMARTS) is 1. The number of hydrogen-bond acceptors (Lipinski definition) is 4. The highest BCUT2D eigenvalue weighted by Crippen LogP contribution is 1.82.